The first-order valence-corrected chi connectivity index (χ1v) is 9.59. The number of unbranched alkanes of at least 4 members (excludes halogenated alkanes) is 1. The SMILES string of the molecule is [CH2]C(CCCCC1CCC(Br)C1)C1CCC(Br)C1. The Morgan fingerprint density at radius 1 is 0.944 bits per heavy atom. The molecule has 0 aromatic heterocycles. The lowest BCUT2D eigenvalue weighted by Gasteiger charge is -2.19. The Morgan fingerprint density at radius 2 is 1.67 bits per heavy atom. The fourth-order valence-electron chi connectivity index (χ4n) is 3.74. The predicted molar refractivity (Wildman–Crippen MR) is 87.4 cm³/mol. The van der Waals surface area contributed by atoms with E-state index in [1.54, 1.807) is 0 Å². The van der Waals surface area contributed by atoms with Gasteiger partial charge in [0.2, 0.25) is 0 Å². The fraction of sp³-hybridized carbons (Fsp3) is 0.938. The van der Waals surface area contributed by atoms with Crippen LogP contribution in [0.1, 0.15) is 64.2 Å². The molecule has 5 atom stereocenters. The van der Waals surface area contributed by atoms with E-state index in [-0.39, 0.29) is 0 Å². The molecule has 0 N–H and O–H groups in total. The maximum absolute atomic E-state index is 4.41. The van der Waals surface area contributed by atoms with Crippen molar-refractivity contribution in [2.45, 2.75) is 73.9 Å². The molecular weight excluding hydrogens is 352 g/mol. The minimum atomic E-state index is 0.708. The molecule has 1 radical (unpaired) electrons. The number of rotatable bonds is 6. The van der Waals surface area contributed by atoms with E-state index in [2.05, 4.69) is 38.8 Å². The minimum Gasteiger partial charge on any atom is -0.0891 e. The first-order chi connectivity index (χ1) is 8.65. The highest BCUT2D eigenvalue weighted by atomic mass is 79.9. The molecule has 2 fully saturated rings. The van der Waals surface area contributed by atoms with Crippen LogP contribution in [0.4, 0.5) is 0 Å². The monoisotopic (exact) mass is 377 g/mol. The Labute approximate surface area is 130 Å². The first-order valence-electron chi connectivity index (χ1n) is 7.76. The topological polar surface area (TPSA) is 0 Å². The zero-order valence-corrected chi connectivity index (χ0v) is 14.6. The first kappa shape index (κ1) is 15.4. The van der Waals surface area contributed by atoms with Crippen molar-refractivity contribution in [2.75, 3.05) is 0 Å². The molecule has 0 aromatic rings. The van der Waals surface area contributed by atoms with Crippen LogP contribution in [0.3, 0.4) is 0 Å². The van der Waals surface area contributed by atoms with E-state index in [1.165, 1.54) is 64.2 Å². The normalized spacial score (nSPS) is 38.2. The Balaban J connectivity index is 1.52. The van der Waals surface area contributed by atoms with E-state index in [1.807, 2.05) is 0 Å². The maximum atomic E-state index is 4.41. The van der Waals surface area contributed by atoms with Gasteiger partial charge in [0.1, 0.15) is 0 Å². The second-order valence-electron chi connectivity index (χ2n) is 6.49. The van der Waals surface area contributed by atoms with Gasteiger partial charge in [0.15, 0.2) is 0 Å². The zero-order chi connectivity index (χ0) is 13.0. The van der Waals surface area contributed by atoms with Crippen molar-refractivity contribution in [1.29, 1.82) is 0 Å². The lowest BCUT2D eigenvalue weighted by molar-refractivity contribution is 0.359. The third-order valence-corrected chi connectivity index (χ3v) is 6.65. The quantitative estimate of drug-likeness (QED) is 0.385. The van der Waals surface area contributed by atoms with Crippen molar-refractivity contribution in [3.8, 4) is 0 Å². The van der Waals surface area contributed by atoms with Crippen LogP contribution in [0.5, 0.6) is 0 Å². The van der Waals surface area contributed by atoms with Crippen LogP contribution in [0.2, 0.25) is 0 Å². The van der Waals surface area contributed by atoms with Gasteiger partial charge >= 0.3 is 0 Å². The molecule has 0 bridgehead atoms. The van der Waals surface area contributed by atoms with Crippen LogP contribution in [-0.2, 0) is 0 Å². The molecule has 5 unspecified atom stereocenters. The van der Waals surface area contributed by atoms with Crippen LogP contribution in [-0.4, -0.2) is 9.65 Å². The number of halogens is 2. The number of hydrogen-bond donors (Lipinski definition) is 0. The van der Waals surface area contributed by atoms with Crippen molar-refractivity contribution < 1.29 is 0 Å². The van der Waals surface area contributed by atoms with Gasteiger partial charge in [-0.1, -0.05) is 57.5 Å². The summed E-state index contributed by atoms with van der Waals surface area (Å²) in [6.07, 6.45) is 14.1. The third-order valence-electron chi connectivity index (χ3n) is 4.99. The molecular formula is C16H27Br2. The van der Waals surface area contributed by atoms with E-state index in [9.17, 15) is 0 Å². The van der Waals surface area contributed by atoms with Crippen molar-refractivity contribution >= 4 is 31.9 Å². The van der Waals surface area contributed by atoms with Gasteiger partial charge in [-0.15, -0.1) is 0 Å². The Kier molecular flexibility index (Phi) is 6.54. The summed E-state index contributed by atoms with van der Waals surface area (Å²) in [7, 11) is 0. The van der Waals surface area contributed by atoms with E-state index in [0.717, 1.165) is 21.5 Å². The number of hydrogen-bond acceptors (Lipinski definition) is 0. The summed E-state index contributed by atoms with van der Waals surface area (Å²) in [5.41, 5.74) is 0. The highest BCUT2D eigenvalue weighted by Crippen LogP contribution is 2.38. The van der Waals surface area contributed by atoms with Crippen molar-refractivity contribution in [1.82, 2.24) is 0 Å². The summed E-state index contributed by atoms with van der Waals surface area (Å²) in [5, 5.41) is 0. The van der Waals surface area contributed by atoms with Gasteiger partial charge in [0, 0.05) is 9.65 Å². The van der Waals surface area contributed by atoms with Crippen molar-refractivity contribution in [2.24, 2.45) is 17.8 Å². The zero-order valence-electron chi connectivity index (χ0n) is 11.4. The van der Waals surface area contributed by atoms with Gasteiger partial charge in [0.25, 0.3) is 0 Å². The molecule has 2 aliphatic carbocycles. The summed E-state index contributed by atoms with van der Waals surface area (Å²) in [4.78, 5) is 1.60. The van der Waals surface area contributed by atoms with Crippen LogP contribution >= 0.6 is 31.9 Å². The average molecular weight is 379 g/mol. The van der Waals surface area contributed by atoms with E-state index >= 15 is 0 Å². The van der Waals surface area contributed by atoms with E-state index in [4.69, 9.17) is 0 Å². The fourth-order valence-corrected chi connectivity index (χ4v) is 5.28. The van der Waals surface area contributed by atoms with Crippen LogP contribution in [0, 0.1) is 24.7 Å². The average Bonchev–Trinajstić information content (AvgIpc) is 2.93. The standard InChI is InChI=1S/C16H27Br2/c1-12(14-7-9-16(18)11-14)4-2-3-5-13-6-8-15(17)10-13/h12-16H,1-11H2. The molecule has 2 saturated carbocycles. The smallest absolute Gasteiger partial charge is 0.0148 e. The summed E-state index contributed by atoms with van der Waals surface area (Å²) < 4.78 is 0. The van der Waals surface area contributed by atoms with Crippen LogP contribution in [0.25, 0.3) is 0 Å². The van der Waals surface area contributed by atoms with Gasteiger partial charge in [-0.2, -0.15) is 0 Å². The second kappa shape index (κ2) is 7.67. The summed E-state index contributed by atoms with van der Waals surface area (Å²) in [6.45, 7) is 4.41. The molecule has 2 heteroatoms. The third kappa shape index (κ3) is 4.81. The van der Waals surface area contributed by atoms with E-state index in [0.29, 0.717) is 5.92 Å². The molecule has 0 aliphatic heterocycles. The second-order valence-corrected chi connectivity index (χ2v) is 9.08. The summed E-state index contributed by atoms with van der Waals surface area (Å²) in [6, 6.07) is 0. The molecule has 0 heterocycles. The van der Waals surface area contributed by atoms with Crippen LogP contribution in [0.15, 0.2) is 0 Å². The molecule has 0 aromatic carbocycles. The molecule has 0 saturated heterocycles. The van der Waals surface area contributed by atoms with Gasteiger partial charge < -0.3 is 0 Å². The lowest BCUT2D eigenvalue weighted by Crippen LogP contribution is -2.09. The molecule has 0 nitrogen and oxygen atoms in total. The lowest BCUT2D eigenvalue weighted by atomic mass is 9.87. The molecule has 105 valence electrons. The van der Waals surface area contributed by atoms with Crippen molar-refractivity contribution in [3.63, 3.8) is 0 Å². The Bertz CT molecular complexity index is 241. The Hall–Kier alpha value is 0.960. The van der Waals surface area contributed by atoms with Gasteiger partial charge in [-0.3, -0.25) is 0 Å². The minimum absolute atomic E-state index is 0.708. The summed E-state index contributed by atoms with van der Waals surface area (Å²) >= 11 is 7.49. The molecule has 2 rings (SSSR count). The van der Waals surface area contributed by atoms with Crippen LogP contribution < -0.4 is 0 Å². The highest BCUT2D eigenvalue weighted by molar-refractivity contribution is 9.09. The molecule has 18 heavy (non-hydrogen) atoms. The Morgan fingerprint density at radius 3 is 2.28 bits per heavy atom. The predicted octanol–water partition coefficient (Wildman–Crippen LogP) is 6.12. The van der Waals surface area contributed by atoms with Gasteiger partial charge in [-0.25, -0.2) is 0 Å². The maximum Gasteiger partial charge on any atom is 0.0148 e. The molecule has 0 spiro atoms. The summed E-state index contributed by atoms with van der Waals surface area (Å²) in [5.74, 6) is 2.61. The van der Waals surface area contributed by atoms with Gasteiger partial charge in [-0.05, 0) is 63.2 Å². The molecule has 0 amide bonds. The van der Waals surface area contributed by atoms with Crippen molar-refractivity contribution in [3.05, 3.63) is 6.92 Å². The molecule has 2 aliphatic rings. The largest absolute Gasteiger partial charge is 0.0891 e. The van der Waals surface area contributed by atoms with E-state index < -0.39 is 0 Å². The highest BCUT2D eigenvalue weighted by Gasteiger charge is 2.27. The number of alkyl halides is 2. The van der Waals surface area contributed by atoms with Gasteiger partial charge in [0.05, 0.1) is 0 Å².